The van der Waals surface area contributed by atoms with Gasteiger partial charge in [-0.3, -0.25) is 9.59 Å². The lowest BCUT2D eigenvalue weighted by molar-refractivity contribution is -0.140. The summed E-state index contributed by atoms with van der Waals surface area (Å²) in [4.78, 5) is 27.5. The van der Waals surface area contributed by atoms with Crippen LogP contribution in [0.15, 0.2) is 48.5 Å². The van der Waals surface area contributed by atoms with Gasteiger partial charge < -0.3 is 10.2 Å². The first-order valence-corrected chi connectivity index (χ1v) is 10.1. The van der Waals surface area contributed by atoms with Gasteiger partial charge in [-0.1, -0.05) is 67.4 Å². The molecule has 0 spiro atoms. The van der Waals surface area contributed by atoms with E-state index in [0.717, 1.165) is 35.1 Å². The van der Waals surface area contributed by atoms with Gasteiger partial charge in [0, 0.05) is 13.1 Å². The van der Waals surface area contributed by atoms with Gasteiger partial charge in [0.1, 0.15) is 6.04 Å². The molecule has 28 heavy (non-hydrogen) atoms. The van der Waals surface area contributed by atoms with Crippen molar-refractivity contribution in [3.63, 3.8) is 0 Å². The number of hydrogen-bond donors (Lipinski definition) is 1. The van der Waals surface area contributed by atoms with Crippen LogP contribution in [0.2, 0.25) is 0 Å². The van der Waals surface area contributed by atoms with E-state index in [1.165, 1.54) is 0 Å². The molecule has 1 atom stereocenters. The van der Waals surface area contributed by atoms with Crippen molar-refractivity contribution < 1.29 is 9.59 Å². The molecule has 0 aromatic heterocycles. The van der Waals surface area contributed by atoms with Gasteiger partial charge in [0.05, 0.1) is 6.42 Å². The van der Waals surface area contributed by atoms with Crippen LogP contribution < -0.4 is 5.32 Å². The Morgan fingerprint density at radius 2 is 1.71 bits per heavy atom. The summed E-state index contributed by atoms with van der Waals surface area (Å²) in [6.07, 6.45) is 2.25. The van der Waals surface area contributed by atoms with Crippen molar-refractivity contribution >= 4 is 11.8 Å². The molecule has 0 bridgehead atoms. The number of rotatable bonds is 9. The highest BCUT2D eigenvalue weighted by molar-refractivity contribution is 5.88. The Labute approximate surface area is 169 Å². The second kappa shape index (κ2) is 10.6. The van der Waals surface area contributed by atoms with E-state index in [-0.39, 0.29) is 11.8 Å². The third-order valence-electron chi connectivity index (χ3n) is 5.07. The standard InChI is InChI=1S/C24H32N2O2/c1-5-6-15-25-24(28)20(4)26(17-22-10-8-7-9-19(22)3)23(27)16-21-13-11-18(2)12-14-21/h7-14,20H,5-6,15-17H2,1-4H3,(H,25,28)/t20-/m1/s1. The van der Waals surface area contributed by atoms with E-state index in [2.05, 4.69) is 12.2 Å². The molecule has 0 fully saturated rings. The van der Waals surface area contributed by atoms with Crippen molar-refractivity contribution in [2.24, 2.45) is 0 Å². The maximum absolute atomic E-state index is 13.1. The zero-order valence-electron chi connectivity index (χ0n) is 17.5. The minimum atomic E-state index is -0.519. The maximum Gasteiger partial charge on any atom is 0.242 e. The van der Waals surface area contributed by atoms with E-state index in [4.69, 9.17) is 0 Å². The molecular formula is C24H32N2O2. The van der Waals surface area contributed by atoms with Crippen LogP contribution in [-0.2, 0) is 22.6 Å². The second-order valence-corrected chi connectivity index (χ2v) is 7.43. The predicted octanol–water partition coefficient (Wildman–Crippen LogP) is 4.18. The number of benzene rings is 2. The molecule has 4 nitrogen and oxygen atoms in total. The molecule has 0 heterocycles. The molecule has 0 saturated heterocycles. The molecule has 0 aliphatic rings. The topological polar surface area (TPSA) is 49.4 Å². The Bertz CT molecular complexity index is 783. The van der Waals surface area contributed by atoms with E-state index in [9.17, 15) is 9.59 Å². The van der Waals surface area contributed by atoms with E-state index in [0.29, 0.717) is 19.5 Å². The van der Waals surface area contributed by atoms with Crippen LogP contribution in [0.25, 0.3) is 0 Å². The van der Waals surface area contributed by atoms with Gasteiger partial charge in [-0.15, -0.1) is 0 Å². The van der Waals surface area contributed by atoms with Gasteiger partial charge in [0.15, 0.2) is 0 Å². The van der Waals surface area contributed by atoms with Gasteiger partial charge in [-0.2, -0.15) is 0 Å². The van der Waals surface area contributed by atoms with Gasteiger partial charge >= 0.3 is 0 Å². The average molecular weight is 381 g/mol. The van der Waals surface area contributed by atoms with Crippen molar-refractivity contribution in [1.29, 1.82) is 0 Å². The molecule has 0 saturated carbocycles. The second-order valence-electron chi connectivity index (χ2n) is 7.43. The number of amides is 2. The molecule has 2 aromatic carbocycles. The monoisotopic (exact) mass is 380 g/mol. The summed E-state index contributed by atoms with van der Waals surface area (Å²) in [5.74, 6) is -0.135. The molecule has 2 aromatic rings. The summed E-state index contributed by atoms with van der Waals surface area (Å²) in [6.45, 7) is 9.03. The van der Waals surface area contributed by atoms with E-state index in [1.54, 1.807) is 4.90 Å². The lowest BCUT2D eigenvalue weighted by atomic mass is 10.1. The lowest BCUT2D eigenvalue weighted by Crippen LogP contribution is -2.48. The quantitative estimate of drug-likeness (QED) is 0.664. The number of hydrogen-bond acceptors (Lipinski definition) is 2. The number of aryl methyl sites for hydroxylation is 2. The lowest BCUT2D eigenvalue weighted by Gasteiger charge is -2.29. The number of nitrogens with one attached hydrogen (secondary N) is 1. The first kappa shape index (κ1) is 21.7. The van der Waals surface area contributed by atoms with Crippen LogP contribution in [0.5, 0.6) is 0 Å². The minimum absolute atomic E-state index is 0.0368. The van der Waals surface area contributed by atoms with Crippen LogP contribution in [0.1, 0.15) is 48.9 Å². The third kappa shape index (κ3) is 6.22. The molecule has 2 rings (SSSR count). The highest BCUT2D eigenvalue weighted by atomic mass is 16.2. The van der Waals surface area contributed by atoms with Crippen molar-refractivity contribution in [2.75, 3.05) is 6.54 Å². The van der Waals surface area contributed by atoms with Crippen molar-refractivity contribution in [2.45, 2.75) is 59.5 Å². The minimum Gasteiger partial charge on any atom is -0.354 e. The van der Waals surface area contributed by atoms with Crippen LogP contribution in [0.3, 0.4) is 0 Å². The highest BCUT2D eigenvalue weighted by Crippen LogP contribution is 2.15. The molecule has 2 amide bonds. The van der Waals surface area contributed by atoms with Crippen LogP contribution in [-0.4, -0.2) is 29.3 Å². The van der Waals surface area contributed by atoms with Crippen LogP contribution in [0, 0.1) is 13.8 Å². The Morgan fingerprint density at radius 3 is 2.36 bits per heavy atom. The number of nitrogens with zero attached hydrogens (tertiary/aromatic N) is 1. The van der Waals surface area contributed by atoms with Crippen molar-refractivity contribution in [3.05, 3.63) is 70.8 Å². The van der Waals surface area contributed by atoms with Crippen LogP contribution >= 0.6 is 0 Å². The molecule has 0 aliphatic carbocycles. The van der Waals surface area contributed by atoms with Crippen molar-refractivity contribution in [3.8, 4) is 0 Å². The highest BCUT2D eigenvalue weighted by Gasteiger charge is 2.26. The van der Waals surface area contributed by atoms with E-state index >= 15 is 0 Å². The maximum atomic E-state index is 13.1. The zero-order chi connectivity index (χ0) is 20.5. The fourth-order valence-corrected chi connectivity index (χ4v) is 3.07. The predicted molar refractivity (Wildman–Crippen MR) is 114 cm³/mol. The SMILES string of the molecule is CCCCNC(=O)[C@@H](C)N(Cc1ccccc1C)C(=O)Cc1ccc(C)cc1. The largest absolute Gasteiger partial charge is 0.354 e. The smallest absolute Gasteiger partial charge is 0.242 e. The fourth-order valence-electron chi connectivity index (χ4n) is 3.07. The fraction of sp³-hybridized carbons (Fsp3) is 0.417. The first-order valence-electron chi connectivity index (χ1n) is 10.1. The molecule has 0 aliphatic heterocycles. The Balaban J connectivity index is 2.19. The summed E-state index contributed by atoms with van der Waals surface area (Å²) in [5.41, 5.74) is 4.31. The average Bonchev–Trinajstić information content (AvgIpc) is 2.68. The third-order valence-corrected chi connectivity index (χ3v) is 5.07. The van der Waals surface area contributed by atoms with E-state index < -0.39 is 6.04 Å². The van der Waals surface area contributed by atoms with Gasteiger partial charge in [-0.25, -0.2) is 0 Å². The molecule has 4 heteroatoms. The molecule has 1 N–H and O–H groups in total. The summed E-state index contributed by atoms with van der Waals surface area (Å²) in [5, 5.41) is 2.96. The summed E-state index contributed by atoms with van der Waals surface area (Å²) in [6, 6.07) is 15.5. The Kier molecular flexibility index (Phi) is 8.24. The van der Waals surface area contributed by atoms with Gasteiger partial charge in [-0.05, 0) is 43.9 Å². The Morgan fingerprint density at radius 1 is 1.04 bits per heavy atom. The van der Waals surface area contributed by atoms with Crippen LogP contribution in [0.4, 0.5) is 0 Å². The number of unbranched alkanes of at least 4 members (excludes halogenated alkanes) is 1. The summed E-state index contributed by atoms with van der Waals surface area (Å²) >= 11 is 0. The molecule has 0 radical (unpaired) electrons. The Hall–Kier alpha value is -2.62. The molecule has 0 unspecified atom stereocenters. The first-order chi connectivity index (χ1) is 13.4. The van der Waals surface area contributed by atoms with Gasteiger partial charge in [0.25, 0.3) is 0 Å². The number of carbonyl (C=O) groups is 2. The molecular weight excluding hydrogens is 348 g/mol. The summed E-state index contributed by atoms with van der Waals surface area (Å²) < 4.78 is 0. The number of carbonyl (C=O) groups excluding carboxylic acids is 2. The van der Waals surface area contributed by atoms with Gasteiger partial charge in [0.2, 0.25) is 11.8 Å². The van der Waals surface area contributed by atoms with E-state index in [1.807, 2.05) is 69.3 Å². The summed E-state index contributed by atoms with van der Waals surface area (Å²) in [7, 11) is 0. The molecule has 150 valence electrons. The zero-order valence-corrected chi connectivity index (χ0v) is 17.5. The van der Waals surface area contributed by atoms with Crippen molar-refractivity contribution in [1.82, 2.24) is 10.2 Å². The normalized spacial score (nSPS) is 11.7.